The molecule has 0 amide bonds. The number of ether oxygens (including phenoxy) is 1. The van der Waals surface area contributed by atoms with Crippen LogP contribution in [0.15, 0.2) is 52.3 Å². The van der Waals surface area contributed by atoms with E-state index in [4.69, 9.17) is 10.5 Å². The number of rotatable bonds is 4. The lowest BCUT2D eigenvalue weighted by molar-refractivity contribution is 0.413. The van der Waals surface area contributed by atoms with Crippen LogP contribution >= 0.6 is 11.8 Å². The van der Waals surface area contributed by atoms with Crippen LogP contribution in [0, 0.1) is 5.82 Å². The second-order valence-corrected chi connectivity index (χ2v) is 4.93. The lowest BCUT2D eigenvalue weighted by atomic mass is 10.2. The summed E-state index contributed by atoms with van der Waals surface area (Å²) in [5, 5.41) is 0. The molecule has 2 rings (SSSR count). The van der Waals surface area contributed by atoms with E-state index in [-0.39, 0.29) is 5.82 Å². The van der Waals surface area contributed by atoms with Gasteiger partial charge < -0.3 is 10.5 Å². The first-order valence-corrected chi connectivity index (χ1v) is 6.34. The first-order valence-electron chi connectivity index (χ1n) is 5.52. The van der Waals surface area contributed by atoms with Crippen LogP contribution in [0.1, 0.15) is 5.56 Å². The van der Waals surface area contributed by atoms with Gasteiger partial charge in [0.15, 0.2) is 0 Å². The molecule has 0 aromatic heterocycles. The largest absolute Gasteiger partial charge is 0.497 e. The highest BCUT2D eigenvalue weighted by atomic mass is 32.2. The highest BCUT2D eigenvalue weighted by Crippen LogP contribution is 2.31. The third kappa shape index (κ3) is 3.24. The molecule has 0 radical (unpaired) electrons. The summed E-state index contributed by atoms with van der Waals surface area (Å²) in [5.74, 6) is 0.527. The van der Waals surface area contributed by atoms with E-state index in [2.05, 4.69) is 0 Å². The molecule has 2 aromatic carbocycles. The summed E-state index contributed by atoms with van der Waals surface area (Å²) in [4.78, 5) is 1.84. The Morgan fingerprint density at radius 2 is 2.00 bits per heavy atom. The van der Waals surface area contributed by atoms with Gasteiger partial charge in [-0.15, -0.1) is 0 Å². The van der Waals surface area contributed by atoms with Crippen LogP contribution < -0.4 is 10.5 Å². The molecule has 2 aromatic rings. The first kappa shape index (κ1) is 12.9. The average molecular weight is 263 g/mol. The Balaban J connectivity index is 2.24. The van der Waals surface area contributed by atoms with Gasteiger partial charge in [-0.2, -0.15) is 0 Å². The van der Waals surface area contributed by atoms with Gasteiger partial charge in [-0.25, -0.2) is 4.39 Å². The van der Waals surface area contributed by atoms with E-state index in [0.717, 1.165) is 21.1 Å². The van der Waals surface area contributed by atoms with Crippen LogP contribution in [0.5, 0.6) is 5.75 Å². The molecule has 0 heterocycles. The van der Waals surface area contributed by atoms with E-state index in [9.17, 15) is 4.39 Å². The van der Waals surface area contributed by atoms with Crippen molar-refractivity contribution >= 4 is 11.8 Å². The highest BCUT2D eigenvalue weighted by molar-refractivity contribution is 7.99. The number of hydrogen-bond acceptors (Lipinski definition) is 3. The summed E-state index contributed by atoms with van der Waals surface area (Å²) in [6, 6.07) is 12.5. The zero-order chi connectivity index (χ0) is 13.0. The summed E-state index contributed by atoms with van der Waals surface area (Å²) >= 11 is 1.49. The van der Waals surface area contributed by atoms with E-state index in [1.807, 2.05) is 30.3 Å². The molecule has 94 valence electrons. The zero-order valence-corrected chi connectivity index (χ0v) is 10.8. The zero-order valence-electron chi connectivity index (χ0n) is 10.0. The summed E-state index contributed by atoms with van der Waals surface area (Å²) in [6.07, 6.45) is 0. The van der Waals surface area contributed by atoms with Crippen molar-refractivity contribution in [1.29, 1.82) is 0 Å². The fourth-order valence-electron chi connectivity index (χ4n) is 1.60. The molecule has 0 aliphatic rings. The Morgan fingerprint density at radius 1 is 1.17 bits per heavy atom. The molecular weight excluding hydrogens is 249 g/mol. The number of benzene rings is 2. The Labute approximate surface area is 110 Å². The number of nitrogens with two attached hydrogens (primary N) is 1. The quantitative estimate of drug-likeness (QED) is 0.917. The normalized spacial score (nSPS) is 10.4. The van der Waals surface area contributed by atoms with Crippen molar-refractivity contribution in [1.82, 2.24) is 0 Å². The van der Waals surface area contributed by atoms with Crippen molar-refractivity contribution in [2.45, 2.75) is 16.3 Å². The van der Waals surface area contributed by atoms with Crippen LogP contribution in [-0.4, -0.2) is 7.11 Å². The third-order valence-corrected chi connectivity index (χ3v) is 3.40. The predicted molar refractivity (Wildman–Crippen MR) is 71.4 cm³/mol. The minimum absolute atomic E-state index is 0.261. The van der Waals surface area contributed by atoms with Crippen LogP contribution in [0.25, 0.3) is 0 Å². The Morgan fingerprint density at radius 3 is 2.72 bits per heavy atom. The maximum Gasteiger partial charge on any atom is 0.124 e. The minimum atomic E-state index is -0.261. The van der Waals surface area contributed by atoms with Gasteiger partial charge in [0.1, 0.15) is 11.6 Å². The first-order chi connectivity index (χ1) is 8.71. The Kier molecular flexibility index (Phi) is 4.23. The summed E-state index contributed by atoms with van der Waals surface area (Å²) in [5.41, 5.74) is 6.32. The van der Waals surface area contributed by atoms with E-state index in [1.165, 1.54) is 23.9 Å². The van der Waals surface area contributed by atoms with Gasteiger partial charge in [-0.1, -0.05) is 17.8 Å². The molecule has 4 heteroatoms. The third-order valence-electron chi connectivity index (χ3n) is 2.44. The van der Waals surface area contributed by atoms with E-state index in [1.54, 1.807) is 7.11 Å². The van der Waals surface area contributed by atoms with Gasteiger partial charge in [0.25, 0.3) is 0 Å². The monoisotopic (exact) mass is 263 g/mol. The molecule has 0 fully saturated rings. The topological polar surface area (TPSA) is 35.2 Å². The number of hydrogen-bond donors (Lipinski definition) is 1. The van der Waals surface area contributed by atoms with Gasteiger partial charge in [-0.05, 0) is 42.0 Å². The van der Waals surface area contributed by atoms with Gasteiger partial charge in [0, 0.05) is 16.3 Å². The summed E-state index contributed by atoms with van der Waals surface area (Å²) in [7, 11) is 1.62. The van der Waals surface area contributed by atoms with Crippen molar-refractivity contribution in [2.24, 2.45) is 5.73 Å². The van der Waals surface area contributed by atoms with Gasteiger partial charge >= 0.3 is 0 Å². The standard InChI is InChI=1S/C14H14FNOS/c1-17-12-3-2-4-13(8-12)18-14-6-10(9-16)5-11(15)7-14/h2-8H,9,16H2,1H3. The second kappa shape index (κ2) is 5.89. The lowest BCUT2D eigenvalue weighted by Gasteiger charge is -2.06. The molecule has 18 heavy (non-hydrogen) atoms. The SMILES string of the molecule is COc1cccc(Sc2cc(F)cc(CN)c2)c1. The smallest absolute Gasteiger partial charge is 0.124 e. The molecular formula is C14H14FNOS. The second-order valence-electron chi connectivity index (χ2n) is 3.78. The lowest BCUT2D eigenvalue weighted by Crippen LogP contribution is -1.97. The molecule has 2 nitrogen and oxygen atoms in total. The van der Waals surface area contributed by atoms with Crippen molar-refractivity contribution in [3.63, 3.8) is 0 Å². The van der Waals surface area contributed by atoms with Crippen LogP contribution in [0.3, 0.4) is 0 Å². The molecule has 0 unspecified atom stereocenters. The van der Waals surface area contributed by atoms with Crippen LogP contribution in [0.2, 0.25) is 0 Å². The van der Waals surface area contributed by atoms with Crippen molar-refractivity contribution in [3.8, 4) is 5.75 Å². The maximum absolute atomic E-state index is 13.4. The molecule has 0 saturated carbocycles. The van der Waals surface area contributed by atoms with E-state index >= 15 is 0 Å². The average Bonchev–Trinajstić information content (AvgIpc) is 2.38. The van der Waals surface area contributed by atoms with Crippen molar-refractivity contribution in [3.05, 3.63) is 53.8 Å². The molecule has 2 N–H and O–H groups in total. The Bertz CT molecular complexity index is 545. The Hall–Kier alpha value is -1.52. The van der Waals surface area contributed by atoms with Gasteiger partial charge in [-0.3, -0.25) is 0 Å². The molecule has 0 spiro atoms. The van der Waals surface area contributed by atoms with Crippen LogP contribution in [0.4, 0.5) is 4.39 Å². The highest BCUT2D eigenvalue weighted by Gasteiger charge is 2.03. The minimum Gasteiger partial charge on any atom is -0.497 e. The van der Waals surface area contributed by atoms with E-state index < -0.39 is 0 Å². The molecule has 0 saturated heterocycles. The van der Waals surface area contributed by atoms with Crippen molar-refractivity contribution in [2.75, 3.05) is 7.11 Å². The fourth-order valence-corrected chi connectivity index (χ4v) is 2.57. The summed E-state index contributed by atoms with van der Waals surface area (Å²) in [6.45, 7) is 0.337. The maximum atomic E-state index is 13.4. The van der Waals surface area contributed by atoms with Crippen LogP contribution in [-0.2, 0) is 6.54 Å². The molecule has 0 aliphatic heterocycles. The molecule has 0 atom stereocenters. The molecule has 0 aliphatic carbocycles. The number of halogens is 1. The fraction of sp³-hybridized carbons (Fsp3) is 0.143. The van der Waals surface area contributed by atoms with E-state index in [0.29, 0.717) is 6.54 Å². The predicted octanol–water partition coefficient (Wildman–Crippen LogP) is 3.44. The number of methoxy groups -OCH3 is 1. The van der Waals surface area contributed by atoms with Crippen molar-refractivity contribution < 1.29 is 9.13 Å². The van der Waals surface area contributed by atoms with Gasteiger partial charge in [0.05, 0.1) is 7.11 Å². The van der Waals surface area contributed by atoms with Gasteiger partial charge in [0.2, 0.25) is 0 Å². The molecule has 0 bridgehead atoms. The summed E-state index contributed by atoms with van der Waals surface area (Å²) < 4.78 is 18.5.